The molecule has 0 aliphatic carbocycles. The summed E-state index contributed by atoms with van der Waals surface area (Å²) in [6, 6.07) is -1.04. The lowest BCUT2D eigenvalue weighted by molar-refractivity contribution is -0.248. The normalized spacial score (nSPS) is 38.2. The van der Waals surface area contributed by atoms with Crippen LogP contribution in [-0.4, -0.2) is 71.0 Å². The number of hydrogen-bond donors (Lipinski definition) is 7. The van der Waals surface area contributed by atoms with E-state index >= 15 is 0 Å². The summed E-state index contributed by atoms with van der Waals surface area (Å²) in [6.07, 6.45) is -4.85. The highest BCUT2D eigenvalue weighted by Gasteiger charge is 2.41. The third kappa shape index (κ3) is 6.52. The first-order valence-electron chi connectivity index (χ1n) is 4.34. The van der Waals surface area contributed by atoms with Crippen molar-refractivity contribution in [3.8, 4) is 0 Å². The Bertz CT molecular complexity index is 309. The van der Waals surface area contributed by atoms with Gasteiger partial charge in [0, 0.05) is 11.2 Å². The van der Waals surface area contributed by atoms with Crippen LogP contribution >= 0.6 is 0 Å². The predicted molar refractivity (Wildman–Crippen MR) is 58.7 cm³/mol. The van der Waals surface area contributed by atoms with Crippen LogP contribution in [0.15, 0.2) is 0 Å². The van der Waals surface area contributed by atoms with Crippen molar-refractivity contribution in [1.29, 1.82) is 0 Å². The molecule has 0 aromatic heterocycles. The van der Waals surface area contributed by atoms with Crippen molar-refractivity contribution in [2.45, 2.75) is 30.6 Å². The van der Waals surface area contributed by atoms with Gasteiger partial charge < -0.3 is 30.9 Å². The molecule has 0 spiro atoms. The highest BCUT2D eigenvalue weighted by Crippen LogP contribution is 2.17. The molecule has 9 nitrogen and oxygen atoms in total. The molecule has 104 valence electrons. The Labute approximate surface area is 102 Å². The van der Waals surface area contributed by atoms with E-state index in [1.54, 1.807) is 0 Å². The average molecular weight is 293 g/mol. The van der Waals surface area contributed by atoms with Gasteiger partial charge in [0.05, 0.1) is 12.6 Å². The van der Waals surface area contributed by atoms with Crippen molar-refractivity contribution in [2.24, 2.45) is 5.73 Å². The van der Waals surface area contributed by atoms with E-state index in [-0.39, 0.29) is 0 Å². The van der Waals surface area contributed by atoms with Crippen LogP contribution in [0.4, 0.5) is 0 Å². The topological polar surface area (TPSA) is 174 Å². The first-order chi connectivity index (χ1) is 7.57. The van der Waals surface area contributed by atoms with Gasteiger partial charge in [-0.3, -0.25) is 9.11 Å². The molecule has 17 heavy (non-hydrogen) atoms. The molecule has 0 aromatic rings. The van der Waals surface area contributed by atoms with Gasteiger partial charge in [0.25, 0.3) is 9.05 Å². The van der Waals surface area contributed by atoms with E-state index < -0.39 is 46.3 Å². The lowest BCUT2D eigenvalue weighted by Crippen LogP contribution is -2.61. The molecule has 1 aliphatic rings. The Hall–Kier alpha value is 0.0500. The predicted octanol–water partition coefficient (Wildman–Crippen LogP) is -3.58. The molecule has 5 atom stereocenters. The summed E-state index contributed by atoms with van der Waals surface area (Å²) in [5.74, 6) is 0. The number of ether oxygens (including phenoxy) is 1. The number of aliphatic hydroxyl groups is 4. The fourth-order valence-electron chi connectivity index (χ4n) is 1.12. The molecule has 0 bridgehead atoms. The van der Waals surface area contributed by atoms with Gasteiger partial charge in [-0.25, -0.2) is 0 Å². The zero-order valence-corrected chi connectivity index (χ0v) is 10.1. The fraction of sp³-hybridized carbons (Fsp3) is 1.00. The van der Waals surface area contributed by atoms with Crippen molar-refractivity contribution in [2.75, 3.05) is 6.61 Å². The molecule has 1 aliphatic heterocycles. The molecule has 0 radical (unpaired) electrons. The van der Waals surface area contributed by atoms with E-state index in [4.69, 9.17) is 34.0 Å². The SMILES string of the molecule is N[C@@H]1C(O)O[C@H](CO)[C@@H](O)[C@@H]1O.O=S(O)(O)=S. The summed E-state index contributed by atoms with van der Waals surface area (Å²) in [5.41, 5.74) is 5.26. The van der Waals surface area contributed by atoms with Gasteiger partial charge in [-0.1, -0.05) is 0 Å². The van der Waals surface area contributed by atoms with Crippen molar-refractivity contribution in [3.05, 3.63) is 0 Å². The summed E-state index contributed by atoms with van der Waals surface area (Å²) in [5, 5.41) is 36.1. The molecule has 8 N–H and O–H groups in total. The minimum absolute atomic E-state index is 0.470. The molecular formula is C6H15NO8S2. The maximum Gasteiger partial charge on any atom is 0.263 e. The lowest BCUT2D eigenvalue weighted by Gasteiger charge is -2.38. The Balaban J connectivity index is 0.000000437. The van der Waals surface area contributed by atoms with Gasteiger partial charge in [-0.15, -0.1) is 0 Å². The van der Waals surface area contributed by atoms with Crippen LogP contribution in [0.2, 0.25) is 0 Å². The lowest BCUT2D eigenvalue weighted by atomic mass is 9.98. The molecule has 1 rings (SSSR count). The van der Waals surface area contributed by atoms with E-state index in [1.165, 1.54) is 0 Å². The molecule has 1 saturated heterocycles. The van der Waals surface area contributed by atoms with Crippen molar-refractivity contribution < 1.29 is 38.5 Å². The van der Waals surface area contributed by atoms with Crippen LogP contribution in [0, 0.1) is 0 Å². The smallest absolute Gasteiger partial charge is 0.263 e. The largest absolute Gasteiger partial charge is 0.394 e. The number of nitrogens with two attached hydrogens (primary N) is 1. The van der Waals surface area contributed by atoms with Gasteiger partial charge in [0.2, 0.25) is 0 Å². The second-order valence-corrected chi connectivity index (χ2v) is 5.45. The average Bonchev–Trinajstić information content (AvgIpc) is 2.18. The van der Waals surface area contributed by atoms with Crippen LogP contribution in [0.25, 0.3) is 0 Å². The number of rotatable bonds is 1. The zero-order valence-electron chi connectivity index (χ0n) is 8.49. The van der Waals surface area contributed by atoms with Crippen LogP contribution in [0.5, 0.6) is 0 Å². The van der Waals surface area contributed by atoms with Gasteiger partial charge in [0.15, 0.2) is 6.29 Å². The highest BCUT2D eigenvalue weighted by atomic mass is 32.9. The van der Waals surface area contributed by atoms with E-state index in [2.05, 4.69) is 11.2 Å². The standard InChI is InChI=1S/C6H13NO5.H2O3S2/c7-3-5(10)4(9)2(1-8)12-6(3)11;1-5(2,3)4/h2-6,8-11H,1,7H2;(H2,1,2,3,4)/t2-,3+,4-,5-,6?;/m1./s1. The molecule has 0 saturated carbocycles. The number of aliphatic hydroxyl groups excluding tert-OH is 4. The quantitative estimate of drug-likeness (QED) is 0.256. The van der Waals surface area contributed by atoms with Crippen molar-refractivity contribution in [3.63, 3.8) is 0 Å². The first-order valence-corrected chi connectivity index (χ1v) is 6.73. The monoisotopic (exact) mass is 293 g/mol. The first kappa shape index (κ1) is 17.1. The third-order valence-electron chi connectivity index (χ3n) is 1.95. The van der Waals surface area contributed by atoms with Crippen LogP contribution in [0.1, 0.15) is 0 Å². The summed E-state index contributed by atoms with van der Waals surface area (Å²) in [7, 11) is -3.83. The zero-order chi connectivity index (χ0) is 13.8. The van der Waals surface area contributed by atoms with Crippen LogP contribution in [-0.2, 0) is 25.0 Å². The second-order valence-electron chi connectivity index (χ2n) is 3.25. The molecule has 11 heteroatoms. The molecule has 1 unspecified atom stereocenters. The van der Waals surface area contributed by atoms with E-state index in [1.807, 2.05) is 0 Å². The van der Waals surface area contributed by atoms with Crippen molar-refractivity contribution in [1.82, 2.24) is 0 Å². The maximum atomic E-state index is 9.20. The Kier molecular flexibility index (Phi) is 6.86. The van der Waals surface area contributed by atoms with Gasteiger partial charge in [-0.05, 0) is 0 Å². The summed E-state index contributed by atoms with van der Waals surface area (Å²) < 4.78 is 28.7. The van der Waals surface area contributed by atoms with Crippen LogP contribution in [0.3, 0.4) is 0 Å². The summed E-state index contributed by atoms with van der Waals surface area (Å²) >= 11 is 3.47. The molecular weight excluding hydrogens is 278 g/mol. The van der Waals surface area contributed by atoms with Gasteiger partial charge >= 0.3 is 0 Å². The van der Waals surface area contributed by atoms with E-state index in [0.717, 1.165) is 0 Å². The highest BCUT2D eigenvalue weighted by molar-refractivity contribution is 8.26. The van der Waals surface area contributed by atoms with Crippen molar-refractivity contribution >= 4 is 20.2 Å². The maximum absolute atomic E-state index is 9.20. The Morgan fingerprint density at radius 3 is 2.00 bits per heavy atom. The van der Waals surface area contributed by atoms with Crippen LogP contribution < -0.4 is 5.73 Å². The van der Waals surface area contributed by atoms with Gasteiger partial charge in [-0.2, -0.15) is 4.21 Å². The minimum Gasteiger partial charge on any atom is -0.394 e. The number of hydrogen-bond acceptors (Lipinski definition) is 8. The third-order valence-corrected chi connectivity index (χ3v) is 1.95. The fourth-order valence-corrected chi connectivity index (χ4v) is 1.12. The second kappa shape index (κ2) is 6.84. The summed E-state index contributed by atoms with van der Waals surface area (Å²) in [4.78, 5) is 0. The summed E-state index contributed by atoms with van der Waals surface area (Å²) in [6.45, 7) is -0.470. The molecule has 1 heterocycles. The molecule has 1 fully saturated rings. The Morgan fingerprint density at radius 1 is 1.24 bits per heavy atom. The van der Waals surface area contributed by atoms with Gasteiger partial charge in [0.1, 0.15) is 18.3 Å². The van der Waals surface area contributed by atoms with E-state index in [0.29, 0.717) is 0 Å². The van der Waals surface area contributed by atoms with E-state index in [9.17, 15) is 10.2 Å². The molecule has 0 aromatic carbocycles. The minimum atomic E-state index is -3.83. The Morgan fingerprint density at radius 2 is 1.65 bits per heavy atom. The molecule has 0 amide bonds.